The average molecular weight is 291 g/mol. The molecule has 1 rings (SSSR count). The van der Waals surface area contributed by atoms with Crippen molar-refractivity contribution in [3.63, 3.8) is 0 Å². The Morgan fingerprint density at radius 2 is 1.95 bits per heavy atom. The van der Waals surface area contributed by atoms with E-state index in [1.807, 2.05) is 0 Å². The van der Waals surface area contributed by atoms with Gasteiger partial charge in [0.15, 0.2) is 0 Å². The van der Waals surface area contributed by atoms with Crippen LogP contribution in [0.1, 0.15) is 20.8 Å². The third kappa shape index (κ3) is 4.78. The van der Waals surface area contributed by atoms with Crippen molar-refractivity contribution in [1.82, 2.24) is 5.01 Å². The molecule has 20 heavy (non-hydrogen) atoms. The molecule has 1 fully saturated rings. The summed E-state index contributed by atoms with van der Waals surface area (Å²) in [6.07, 6.45) is -2.37. The lowest BCUT2D eigenvalue weighted by Crippen LogP contribution is -2.53. The van der Waals surface area contributed by atoms with Crippen LogP contribution in [0, 0.1) is 11.1 Å². The van der Waals surface area contributed by atoms with Gasteiger partial charge in [0.25, 0.3) is 6.29 Å². The van der Waals surface area contributed by atoms with Crippen LogP contribution in [-0.4, -0.2) is 52.7 Å². The largest absolute Gasteiger partial charge is 0.569 e. The van der Waals surface area contributed by atoms with Gasteiger partial charge in [-0.2, -0.15) is 0 Å². The summed E-state index contributed by atoms with van der Waals surface area (Å²) in [5, 5.41) is 24.3. The maximum absolute atomic E-state index is 11.3. The molecule has 0 aromatic rings. The summed E-state index contributed by atoms with van der Waals surface area (Å²) in [5.41, 5.74) is 0. The normalized spacial score (nSPS) is 17.4. The molecule has 0 radical (unpaired) electrons. The number of carboxylic acids is 1. The Morgan fingerprint density at radius 3 is 2.45 bits per heavy atom. The maximum atomic E-state index is 11.3. The Kier molecular flexibility index (Phi) is 5.35. The number of carbonyl (C=O) groups excluding carboxylic acids is 1. The van der Waals surface area contributed by atoms with Gasteiger partial charge in [0.1, 0.15) is 5.92 Å². The van der Waals surface area contributed by atoms with E-state index in [1.165, 1.54) is 6.92 Å². The van der Waals surface area contributed by atoms with Gasteiger partial charge in [-0.15, -0.1) is 5.01 Å². The van der Waals surface area contributed by atoms with Gasteiger partial charge in [0, 0.05) is 6.92 Å². The van der Waals surface area contributed by atoms with E-state index >= 15 is 0 Å². The third-order valence-electron chi connectivity index (χ3n) is 2.31. The van der Waals surface area contributed by atoms with Crippen LogP contribution in [0.5, 0.6) is 0 Å². The summed E-state index contributed by atoms with van der Waals surface area (Å²) >= 11 is 0. The Bertz CT molecular complexity index is 392. The van der Waals surface area contributed by atoms with Crippen molar-refractivity contribution in [3.05, 3.63) is 5.21 Å². The van der Waals surface area contributed by atoms with Gasteiger partial charge in [-0.05, 0) is 13.8 Å². The fourth-order valence-corrected chi connectivity index (χ4v) is 1.29. The van der Waals surface area contributed by atoms with Gasteiger partial charge < -0.3 is 19.8 Å². The zero-order valence-corrected chi connectivity index (χ0v) is 11.4. The summed E-state index contributed by atoms with van der Waals surface area (Å²) in [6.45, 7) is 4.76. The lowest BCUT2D eigenvalue weighted by atomic mass is 10.0. The molecule has 0 bridgehead atoms. The van der Waals surface area contributed by atoms with Crippen molar-refractivity contribution >= 4 is 12.1 Å². The average Bonchev–Trinajstić information content (AvgIpc) is 2.22. The van der Waals surface area contributed by atoms with Crippen molar-refractivity contribution in [1.29, 1.82) is 0 Å². The molecule has 0 saturated carbocycles. The number of aliphatic carboxylic acids is 1. The molecule has 1 aliphatic heterocycles. The van der Waals surface area contributed by atoms with E-state index < -0.39 is 24.3 Å². The van der Waals surface area contributed by atoms with E-state index in [4.69, 9.17) is 9.84 Å². The number of carboxylic acid groups (broad SMARTS) is 1. The van der Waals surface area contributed by atoms with Gasteiger partial charge in [-0.25, -0.2) is 4.79 Å². The summed E-state index contributed by atoms with van der Waals surface area (Å²) < 4.78 is 9.34. The topological polar surface area (TPSA) is 124 Å². The van der Waals surface area contributed by atoms with Crippen LogP contribution in [0.25, 0.3) is 0 Å². The molecule has 1 atom stereocenters. The first-order chi connectivity index (χ1) is 9.29. The standard InChI is InChI=1S/C10H17N3O7/c1-6(2)18-10(16)19-7(3)20-11-13(17)12-4-8(5-12)9(14)15/h6-8H,4-5H2,1-3H3,(H,14,15). The summed E-state index contributed by atoms with van der Waals surface area (Å²) in [4.78, 5) is 26.4. The highest BCUT2D eigenvalue weighted by molar-refractivity contribution is 5.71. The van der Waals surface area contributed by atoms with E-state index in [1.54, 1.807) is 13.8 Å². The SMILES string of the molecule is CC(C)OC(=O)OC(C)ON=[N+]([O-])N1CC(C(=O)O)C1. The predicted octanol–water partition coefficient (Wildman–Crippen LogP) is 0.720. The molecule has 0 aromatic carbocycles. The van der Waals surface area contributed by atoms with Crippen LogP contribution in [0.4, 0.5) is 4.79 Å². The van der Waals surface area contributed by atoms with E-state index in [0.29, 0.717) is 0 Å². The minimum atomic E-state index is -1.10. The minimum Gasteiger partial charge on any atom is -0.569 e. The molecule has 0 aliphatic carbocycles. The smallest absolute Gasteiger partial charge is 0.511 e. The molecule has 0 aromatic heterocycles. The van der Waals surface area contributed by atoms with E-state index in [-0.39, 0.29) is 24.2 Å². The quantitative estimate of drug-likeness (QED) is 0.249. The Balaban J connectivity index is 2.29. The fraction of sp³-hybridized carbons (Fsp3) is 0.800. The Labute approximate surface area is 115 Å². The summed E-state index contributed by atoms with van der Waals surface area (Å²) in [7, 11) is 0. The van der Waals surface area contributed by atoms with Crippen LogP contribution in [0.2, 0.25) is 0 Å². The fourth-order valence-electron chi connectivity index (χ4n) is 1.29. The van der Waals surface area contributed by atoms with E-state index in [0.717, 1.165) is 5.01 Å². The molecule has 1 heterocycles. The molecular formula is C10H17N3O7. The highest BCUT2D eigenvalue weighted by atomic mass is 16.8. The Morgan fingerprint density at radius 1 is 1.35 bits per heavy atom. The zero-order chi connectivity index (χ0) is 15.3. The summed E-state index contributed by atoms with van der Waals surface area (Å²) in [6, 6.07) is 0. The molecule has 1 N–H and O–H groups in total. The van der Waals surface area contributed by atoms with E-state index in [9.17, 15) is 14.8 Å². The molecule has 114 valence electrons. The van der Waals surface area contributed by atoms with Crippen molar-refractivity contribution in [2.24, 2.45) is 11.2 Å². The second kappa shape index (κ2) is 6.78. The number of hydrogen-bond donors (Lipinski definition) is 1. The first-order valence-electron chi connectivity index (χ1n) is 5.98. The highest BCUT2D eigenvalue weighted by Crippen LogP contribution is 2.15. The molecule has 10 nitrogen and oxygen atoms in total. The Hall–Kier alpha value is -2.26. The van der Waals surface area contributed by atoms with Crippen LogP contribution in [0.3, 0.4) is 0 Å². The monoisotopic (exact) mass is 291 g/mol. The number of rotatable bonds is 6. The van der Waals surface area contributed by atoms with Crippen LogP contribution >= 0.6 is 0 Å². The molecule has 1 unspecified atom stereocenters. The second-order valence-corrected chi connectivity index (χ2v) is 4.45. The molecule has 1 saturated heterocycles. The number of carbonyl (C=O) groups is 2. The number of hydrogen-bond acceptors (Lipinski definition) is 7. The summed E-state index contributed by atoms with van der Waals surface area (Å²) in [5.74, 6) is -1.56. The number of ether oxygens (including phenoxy) is 2. The van der Waals surface area contributed by atoms with Crippen LogP contribution < -0.4 is 0 Å². The molecular weight excluding hydrogens is 274 g/mol. The minimum absolute atomic E-state index is 0.0519. The third-order valence-corrected chi connectivity index (χ3v) is 2.31. The second-order valence-electron chi connectivity index (χ2n) is 4.45. The van der Waals surface area contributed by atoms with Gasteiger partial charge in [-0.1, -0.05) is 0 Å². The molecule has 10 heteroatoms. The highest BCUT2D eigenvalue weighted by Gasteiger charge is 2.38. The first-order valence-corrected chi connectivity index (χ1v) is 5.98. The molecule has 1 aliphatic rings. The first kappa shape index (κ1) is 15.8. The lowest BCUT2D eigenvalue weighted by Gasteiger charge is -2.31. The number of hydrazine groups is 1. The van der Waals surface area contributed by atoms with Crippen molar-refractivity contribution in [2.75, 3.05) is 13.1 Å². The van der Waals surface area contributed by atoms with Crippen LogP contribution in [-0.2, 0) is 19.1 Å². The van der Waals surface area contributed by atoms with Crippen LogP contribution in [0.15, 0.2) is 5.28 Å². The molecule has 0 spiro atoms. The zero-order valence-electron chi connectivity index (χ0n) is 11.4. The lowest BCUT2D eigenvalue weighted by molar-refractivity contribution is -0.727. The maximum Gasteiger partial charge on any atom is 0.511 e. The predicted molar refractivity (Wildman–Crippen MR) is 62.0 cm³/mol. The van der Waals surface area contributed by atoms with Crippen molar-refractivity contribution < 1.29 is 34.0 Å². The number of nitrogens with zero attached hydrogens (tertiary/aromatic N) is 3. The van der Waals surface area contributed by atoms with Gasteiger partial charge in [0.05, 0.1) is 24.2 Å². The van der Waals surface area contributed by atoms with E-state index in [2.05, 4.69) is 14.9 Å². The van der Waals surface area contributed by atoms with Gasteiger partial charge in [-0.3, -0.25) is 9.63 Å². The molecule has 0 amide bonds. The van der Waals surface area contributed by atoms with Gasteiger partial charge in [0.2, 0.25) is 5.28 Å². The van der Waals surface area contributed by atoms with Crippen molar-refractivity contribution in [2.45, 2.75) is 33.2 Å². The van der Waals surface area contributed by atoms with Gasteiger partial charge >= 0.3 is 12.1 Å². The van der Waals surface area contributed by atoms with Crippen molar-refractivity contribution in [3.8, 4) is 0 Å².